The minimum atomic E-state index is -4.51. The Hall–Kier alpha value is -10.3. The van der Waals surface area contributed by atoms with E-state index in [1.54, 1.807) is 54.6 Å². The van der Waals surface area contributed by atoms with Gasteiger partial charge in [0.1, 0.15) is 0 Å². The molecule has 8 amide bonds. The summed E-state index contributed by atoms with van der Waals surface area (Å²) in [6, 6.07) is 45.0. The Morgan fingerprint density at radius 1 is 0.255 bits per heavy atom. The van der Waals surface area contributed by atoms with Crippen LogP contribution < -0.4 is 0 Å². The molecule has 4 aliphatic heterocycles. The van der Waals surface area contributed by atoms with Crippen LogP contribution in [0.15, 0.2) is 188 Å². The highest BCUT2D eigenvalue weighted by atomic mass is 79.9. The molecule has 4 aliphatic rings. The number of amides is 8. The molecule has 18 rings (SSSR count). The van der Waals surface area contributed by atoms with Crippen LogP contribution in [-0.2, 0) is 38.5 Å². The van der Waals surface area contributed by atoms with Gasteiger partial charge in [-0.15, -0.1) is 0 Å². The maximum absolute atomic E-state index is 14.0. The van der Waals surface area contributed by atoms with Crippen molar-refractivity contribution in [1.29, 1.82) is 0 Å². The van der Waals surface area contributed by atoms with Crippen molar-refractivity contribution in [3.05, 3.63) is 277 Å². The molecule has 0 saturated carbocycles. The Morgan fingerprint density at radius 2 is 0.471 bits per heavy atom. The zero-order chi connectivity index (χ0) is 71.3. The van der Waals surface area contributed by atoms with Gasteiger partial charge in [0.2, 0.25) is 0 Å². The number of aryl methyl sites for hydroxylation is 2. The summed E-state index contributed by atoms with van der Waals surface area (Å²) in [6.45, 7) is 3.77. The first-order valence-electron chi connectivity index (χ1n) is 31.7. The van der Waals surface area contributed by atoms with Crippen molar-refractivity contribution in [3.8, 4) is 0 Å². The van der Waals surface area contributed by atoms with Crippen LogP contribution in [0.3, 0.4) is 0 Å². The van der Waals surface area contributed by atoms with E-state index in [2.05, 4.69) is 63.7 Å². The molecule has 14 aromatic rings. The van der Waals surface area contributed by atoms with Gasteiger partial charge in [-0.25, -0.2) is 0 Å². The van der Waals surface area contributed by atoms with Gasteiger partial charge in [-0.05, 0) is 136 Å². The maximum atomic E-state index is 14.0. The highest BCUT2D eigenvalue weighted by Crippen LogP contribution is 2.54. The summed E-state index contributed by atoms with van der Waals surface area (Å²) in [5, 5.41) is 10.6. The molecular weight excluding hydrogens is 1580 g/mol. The van der Waals surface area contributed by atoms with E-state index in [4.69, 9.17) is 0 Å². The standard InChI is InChI=1S/2C40H21Br2F3N2O4/c1-18-2-4-19(5-3-18)16-46-36(48)24-12-10-22-33-29(42)15-27-31-25(37(49)47(39(27)51)17-20-6-8-21(9-7-20)40(43,44)45)13-11-23(35(31)33)32-28(41)14-26(38(46)50)30(24)34(22)32;1-18-2-4-19(5-3-18)16-46-36(48)24-12-10-22-30-23(11-13-25(31(24)30)37(46)49)34-29(42)15-27-32-26(14-28(41)33(22)35(32)34)38(50)47(39(27)51)17-20-6-8-21(9-7-20)40(43,44)45/h2*2-15H,16-17H2,1H3. The van der Waals surface area contributed by atoms with E-state index >= 15 is 0 Å². The molecular formula is C80H42Br4F6N4O8. The summed E-state index contributed by atoms with van der Waals surface area (Å²) in [5.41, 5.74) is 5.58. The fourth-order valence-corrected chi connectivity index (χ4v) is 17.8. The van der Waals surface area contributed by atoms with Gasteiger partial charge >= 0.3 is 12.4 Å². The number of benzene rings is 14. The Kier molecular flexibility index (Phi) is 14.8. The molecule has 14 aromatic carbocycles. The van der Waals surface area contributed by atoms with Crippen LogP contribution in [0.2, 0.25) is 0 Å². The van der Waals surface area contributed by atoms with E-state index in [0.717, 1.165) is 83.3 Å². The van der Waals surface area contributed by atoms with E-state index in [9.17, 15) is 64.7 Å². The second-order valence-corrected chi connectivity index (χ2v) is 29.3. The number of hydrogen-bond acceptors (Lipinski definition) is 8. The van der Waals surface area contributed by atoms with Gasteiger partial charge in [-0.3, -0.25) is 58.0 Å². The van der Waals surface area contributed by atoms with Crippen molar-refractivity contribution >= 4 is 197 Å². The largest absolute Gasteiger partial charge is 0.416 e. The highest BCUT2D eigenvalue weighted by molar-refractivity contribution is 9.11. The lowest BCUT2D eigenvalue weighted by molar-refractivity contribution is -0.138. The molecule has 0 bridgehead atoms. The zero-order valence-corrected chi connectivity index (χ0v) is 59.2. The van der Waals surface area contributed by atoms with Crippen LogP contribution in [0.1, 0.15) is 127 Å². The number of halogens is 10. The fourth-order valence-electron chi connectivity index (χ4n) is 15.2. The van der Waals surface area contributed by atoms with Crippen LogP contribution in [0.5, 0.6) is 0 Å². The lowest BCUT2D eigenvalue weighted by Gasteiger charge is -2.31. The monoisotopic (exact) mass is 1620 g/mol. The first-order chi connectivity index (χ1) is 48.7. The van der Waals surface area contributed by atoms with Crippen LogP contribution in [-0.4, -0.2) is 66.9 Å². The summed E-state index contributed by atoms with van der Waals surface area (Å²) in [6.07, 6.45) is -9.03. The van der Waals surface area contributed by atoms with Gasteiger partial charge in [0.05, 0.1) is 37.3 Å². The second kappa shape index (κ2) is 23.1. The van der Waals surface area contributed by atoms with Crippen molar-refractivity contribution in [2.75, 3.05) is 0 Å². The highest BCUT2D eigenvalue weighted by Gasteiger charge is 2.42. The molecule has 12 nitrogen and oxygen atoms in total. The Labute approximate surface area is 606 Å². The number of rotatable bonds is 8. The Morgan fingerprint density at radius 3 is 0.735 bits per heavy atom. The fraction of sp³-hybridized carbons (Fsp3) is 0.100. The minimum absolute atomic E-state index is 0.122. The third kappa shape index (κ3) is 9.71. The predicted octanol–water partition coefficient (Wildman–Crippen LogP) is 20.4. The third-order valence-corrected chi connectivity index (χ3v) is 22.5. The number of alkyl halides is 6. The molecule has 0 spiro atoms. The van der Waals surface area contributed by atoms with Crippen molar-refractivity contribution < 1.29 is 64.7 Å². The van der Waals surface area contributed by atoms with Crippen molar-refractivity contribution in [2.24, 2.45) is 0 Å². The van der Waals surface area contributed by atoms with Crippen molar-refractivity contribution in [1.82, 2.24) is 19.6 Å². The van der Waals surface area contributed by atoms with Crippen LogP contribution in [0.4, 0.5) is 26.3 Å². The van der Waals surface area contributed by atoms with Gasteiger partial charge < -0.3 is 0 Å². The maximum Gasteiger partial charge on any atom is 0.416 e. The molecule has 102 heavy (non-hydrogen) atoms. The van der Waals surface area contributed by atoms with Crippen LogP contribution >= 0.6 is 63.7 Å². The lowest BCUT2D eigenvalue weighted by Crippen LogP contribution is -2.40. The van der Waals surface area contributed by atoms with Crippen LogP contribution in [0.25, 0.3) is 86.2 Å². The van der Waals surface area contributed by atoms with Crippen LogP contribution in [0, 0.1) is 13.8 Å². The molecule has 0 radical (unpaired) electrons. The molecule has 0 aromatic heterocycles. The third-order valence-electron chi connectivity index (χ3n) is 20.0. The van der Waals surface area contributed by atoms with E-state index in [1.165, 1.54) is 34.1 Å². The molecule has 0 N–H and O–H groups in total. The summed E-state index contributed by atoms with van der Waals surface area (Å²) >= 11 is 14.9. The number of fused-ring (bicyclic) bond motifs is 4. The molecule has 0 unspecified atom stereocenters. The van der Waals surface area contributed by atoms with Gasteiger partial charge in [-0.1, -0.05) is 172 Å². The second-order valence-electron chi connectivity index (χ2n) is 25.9. The Bertz CT molecular complexity index is 6120. The van der Waals surface area contributed by atoms with Gasteiger partial charge in [-0.2, -0.15) is 26.3 Å². The smallest absolute Gasteiger partial charge is 0.270 e. The first kappa shape index (κ1) is 65.1. The normalized spacial score (nSPS) is 14.7. The number of carbonyl (C=O) groups is 8. The topological polar surface area (TPSA) is 150 Å². The molecule has 0 saturated heterocycles. The summed E-state index contributed by atoms with van der Waals surface area (Å²) in [4.78, 5) is 117. The Balaban J connectivity index is 0.000000152. The molecule has 4 heterocycles. The minimum Gasteiger partial charge on any atom is -0.270 e. The molecule has 0 atom stereocenters. The number of nitrogens with zero attached hydrogens (tertiary/aromatic N) is 4. The summed E-state index contributed by atoms with van der Waals surface area (Å²) < 4.78 is 81.3. The first-order valence-corrected chi connectivity index (χ1v) is 34.9. The van der Waals surface area contributed by atoms with Crippen molar-refractivity contribution in [2.45, 2.75) is 52.4 Å². The average Bonchev–Trinajstić information content (AvgIpc) is 0.688. The molecule has 500 valence electrons. The molecule has 0 fully saturated rings. The average molecular weight is 1620 g/mol. The SMILES string of the molecule is Cc1ccc(CN2C(=O)c3ccc4c5c(Br)cc6c7c(cc(Br)c(c8ccc(c3c48)C2=O)c75)C(=O)N(Cc2ccc(C(F)(F)F)cc2)C6=O)cc1.Cc1ccc(CN2C(=O)c3ccc4c5c(Br)cc6c7c(ccc(c8c(Br)cc(c3c48)C2=O)c75)C(=O)N(Cc2ccc(C(F)(F)F)cc2)C6=O)cc1. The predicted molar refractivity (Wildman–Crippen MR) is 388 cm³/mol. The van der Waals surface area contributed by atoms with E-state index < -0.39 is 70.7 Å². The quantitative estimate of drug-likeness (QED) is 0.0632. The molecule has 0 aliphatic carbocycles. The van der Waals surface area contributed by atoms with Gasteiger partial charge in [0.25, 0.3) is 47.3 Å². The zero-order valence-electron chi connectivity index (χ0n) is 52.8. The number of carbonyl (C=O) groups excluding carboxylic acids is 8. The van der Waals surface area contributed by atoms with E-state index in [0.29, 0.717) is 111 Å². The van der Waals surface area contributed by atoms with Gasteiger partial charge in [0.15, 0.2) is 0 Å². The lowest BCUT2D eigenvalue weighted by atomic mass is 9.82. The van der Waals surface area contributed by atoms with E-state index in [1.807, 2.05) is 80.6 Å². The van der Waals surface area contributed by atoms with Gasteiger partial charge in [0, 0.05) is 122 Å². The van der Waals surface area contributed by atoms with E-state index in [-0.39, 0.29) is 48.4 Å². The molecule has 22 heteroatoms. The summed E-state index contributed by atoms with van der Waals surface area (Å²) in [5.74, 6) is -3.87. The summed E-state index contributed by atoms with van der Waals surface area (Å²) in [7, 11) is 0. The number of hydrogen-bond donors (Lipinski definition) is 0. The number of imide groups is 4. The van der Waals surface area contributed by atoms with Crippen molar-refractivity contribution in [3.63, 3.8) is 0 Å².